The highest BCUT2D eigenvalue weighted by atomic mass is 35.5. The SMILES string of the molecule is CC(O)C1CCN(C(=O)[C@@H]2CCC[C@@H]2CN)CC1.Cl. The summed E-state index contributed by atoms with van der Waals surface area (Å²) in [7, 11) is 0. The largest absolute Gasteiger partial charge is 0.393 e. The number of nitrogens with two attached hydrogens (primary N) is 1. The van der Waals surface area contributed by atoms with Crippen molar-refractivity contribution in [1.82, 2.24) is 4.90 Å². The van der Waals surface area contributed by atoms with Gasteiger partial charge in [-0.1, -0.05) is 6.42 Å². The molecule has 19 heavy (non-hydrogen) atoms. The fraction of sp³-hybridized carbons (Fsp3) is 0.929. The Kier molecular flexibility index (Phi) is 6.57. The van der Waals surface area contributed by atoms with Crippen LogP contribution in [-0.4, -0.2) is 41.7 Å². The molecule has 0 aromatic carbocycles. The Balaban J connectivity index is 0.00000180. The fourth-order valence-corrected chi connectivity index (χ4v) is 3.48. The number of halogens is 1. The maximum absolute atomic E-state index is 12.5. The summed E-state index contributed by atoms with van der Waals surface area (Å²) in [6.07, 6.45) is 4.88. The normalized spacial score (nSPS) is 29.9. The van der Waals surface area contributed by atoms with Crippen molar-refractivity contribution in [1.29, 1.82) is 0 Å². The summed E-state index contributed by atoms with van der Waals surface area (Å²) in [6.45, 7) is 4.11. The fourth-order valence-electron chi connectivity index (χ4n) is 3.48. The minimum Gasteiger partial charge on any atom is -0.393 e. The van der Waals surface area contributed by atoms with E-state index >= 15 is 0 Å². The third-order valence-corrected chi connectivity index (χ3v) is 4.81. The molecule has 3 atom stereocenters. The molecule has 0 bridgehead atoms. The number of nitrogens with zero attached hydrogens (tertiary/aromatic N) is 1. The van der Waals surface area contributed by atoms with Gasteiger partial charge in [-0.2, -0.15) is 0 Å². The molecule has 1 aliphatic carbocycles. The van der Waals surface area contributed by atoms with Crippen LogP contribution in [0.4, 0.5) is 0 Å². The van der Waals surface area contributed by atoms with Crippen LogP contribution in [0, 0.1) is 17.8 Å². The van der Waals surface area contributed by atoms with Gasteiger partial charge in [0.25, 0.3) is 0 Å². The standard InChI is InChI=1S/C14H26N2O2.ClH/c1-10(17)11-5-7-16(8-6-11)14(18)13-4-2-3-12(13)9-15;/h10-13,17H,2-9,15H2,1H3;1H/t10?,12-,13-;/m1./s1. The molecule has 1 aliphatic heterocycles. The summed E-state index contributed by atoms with van der Waals surface area (Å²) in [4.78, 5) is 14.5. The van der Waals surface area contributed by atoms with Crippen LogP contribution >= 0.6 is 12.4 Å². The minimum atomic E-state index is -0.245. The molecule has 2 fully saturated rings. The van der Waals surface area contributed by atoms with Gasteiger partial charge in [-0.15, -0.1) is 12.4 Å². The van der Waals surface area contributed by atoms with Crippen molar-refractivity contribution >= 4 is 18.3 Å². The van der Waals surface area contributed by atoms with Crippen LogP contribution in [0.5, 0.6) is 0 Å². The lowest BCUT2D eigenvalue weighted by Crippen LogP contribution is -2.44. The molecule has 112 valence electrons. The smallest absolute Gasteiger partial charge is 0.226 e. The predicted molar refractivity (Wildman–Crippen MR) is 78.1 cm³/mol. The van der Waals surface area contributed by atoms with E-state index in [-0.39, 0.29) is 24.4 Å². The van der Waals surface area contributed by atoms with Crippen LogP contribution in [-0.2, 0) is 4.79 Å². The zero-order valence-corrected chi connectivity index (χ0v) is 12.6. The maximum Gasteiger partial charge on any atom is 0.226 e. The van der Waals surface area contributed by atoms with Gasteiger partial charge in [0.1, 0.15) is 0 Å². The Morgan fingerprint density at radius 2 is 1.95 bits per heavy atom. The molecule has 3 N–H and O–H groups in total. The minimum absolute atomic E-state index is 0. The number of carbonyl (C=O) groups is 1. The predicted octanol–water partition coefficient (Wildman–Crippen LogP) is 1.40. The number of carbonyl (C=O) groups excluding carboxylic acids is 1. The summed E-state index contributed by atoms with van der Waals surface area (Å²) in [5.41, 5.74) is 5.75. The molecular formula is C14H27ClN2O2. The number of amides is 1. The number of aliphatic hydroxyl groups is 1. The van der Waals surface area contributed by atoms with Crippen LogP contribution in [0.25, 0.3) is 0 Å². The zero-order chi connectivity index (χ0) is 13.1. The molecule has 1 unspecified atom stereocenters. The lowest BCUT2D eigenvalue weighted by molar-refractivity contribution is -0.138. The summed E-state index contributed by atoms with van der Waals surface area (Å²) < 4.78 is 0. The van der Waals surface area contributed by atoms with E-state index in [0.717, 1.165) is 45.2 Å². The van der Waals surface area contributed by atoms with Gasteiger partial charge >= 0.3 is 0 Å². The molecule has 0 aromatic rings. The summed E-state index contributed by atoms with van der Waals surface area (Å²) >= 11 is 0. The van der Waals surface area contributed by atoms with E-state index in [1.807, 2.05) is 11.8 Å². The highest BCUT2D eigenvalue weighted by Crippen LogP contribution is 2.33. The van der Waals surface area contributed by atoms with Crippen LogP contribution < -0.4 is 5.73 Å². The molecule has 1 saturated heterocycles. The van der Waals surface area contributed by atoms with E-state index < -0.39 is 0 Å². The van der Waals surface area contributed by atoms with Crippen molar-refractivity contribution in [3.63, 3.8) is 0 Å². The number of piperidine rings is 1. The molecule has 2 rings (SSSR count). The van der Waals surface area contributed by atoms with Gasteiger partial charge in [-0.05, 0) is 51.0 Å². The number of hydrogen-bond donors (Lipinski definition) is 2. The number of aliphatic hydroxyl groups excluding tert-OH is 1. The molecule has 5 heteroatoms. The van der Waals surface area contributed by atoms with E-state index in [9.17, 15) is 9.90 Å². The van der Waals surface area contributed by atoms with Crippen LogP contribution in [0.1, 0.15) is 39.0 Å². The van der Waals surface area contributed by atoms with E-state index in [1.54, 1.807) is 0 Å². The van der Waals surface area contributed by atoms with Gasteiger partial charge < -0.3 is 15.7 Å². The Hall–Kier alpha value is -0.320. The Labute approximate surface area is 122 Å². The van der Waals surface area contributed by atoms with Crippen LogP contribution in [0.15, 0.2) is 0 Å². The highest BCUT2D eigenvalue weighted by Gasteiger charge is 2.36. The quantitative estimate of drug-likeness (QED) is 0.826. The van der Waals surface area contributed by atoms with Crippen molar-refractivity contribution < 1.29 is 9.90 Å². The van der Waals surface area contributed by atoms with Gasteiger partial charge in [0.15, 0.2) is 0 Å². The van der Waals surface area contributed by atoms with E-state index in [0.29, 0.717) is 24.3 Å². The molecule has 4 nitrogen and oxygen atoms in total. The Bertz CT molecular complexity index is 291. The van der Waals surface area contributed by atoms with Crippen molar-refractivity contribution in [2.24, 2.45) is 23.5 Å². The molecule has 2 aliphatic rings. The first-order chi connectivity index (χ1) is 8.63. The molecule has 0 aromatic heterocycles. The second kappa shape index (κ2) is 7.46. The first kappa shape index (κ1) is 16.7. The third kappa shape index (κ3) is 3.83. The lowest BCUT2D eigenvalue weighted by atomic mass is 9.89. The van der Waals surface area contributed by atoms with Gasteiger partial charge in [0.05, 0.1) is 6.10 Å². The van der Waals surface area contributed by atoms with Gasteiger partial charge in [0, 0.05) is 19.0 Å². The first-order valence-electron chi connectivity index (χ1n) is 7.30. The molecular weight excluding hydrogens is 264 g/mol. The molecule has 1 amide bonds. The van der Waals surface area contributed by atoms with E-state index in [4.69, 9.17) is 5.73 Å². The zero-order valence-electron chi connectivity index (χ0n) is 11.8. The summed E-state index contributed by atoms with van der Waals surface area (Å²) in [6, 6.07) is 0. The maximum atomic E-state index is 12.5. The highest BCUT2D eigenvalue weighted by molar-refractivity contribution is 5.85. The average molecular weight is 291 g/mol. The summed E-state index contributed by atoms with van der Waals surface area (Å²) in [5, 5.41) is 9.57. The van der Waals surface area contributed by atoms with E-state index in [2.05, 4.69) is 0 Å². The van der Waals surface area contributed by atoms with Crippen molar-refractivity contribution in [3.8, 4) is 0 Å². The van der Waals surface area contributed by atoms with Crippen molar-refractivity contribution in [2.75, 3.05) is 19.6 Å². The summed E-state index contributed by atoms with van der Waals surface area (Å²) in [5.74, 6) is 1.24. The van der Waals surface area contributed by atoms with Crippen LogP contribution in [0.2, 0.25) is 0 Å². The van der Waals surface area contributed by atoms with E-state index in [1.165, 1.54) is 0 Å². The molecule has 1 saturated carbocycles. The third-order valence-electron chi connectivity index (χ3n) is 4.81. The Morgan fingerprint density at radius 1 is 1.32 bits per heavy atom. The van der Waals surface area contributed by atoms with Crippen molar-refractivity contribution in [2.45, 2.75) is 45.1 Å². The number of likely N-dealkylation sites (tertiary alicyclic amines) is 1. The van der Waals surface area contributed by atoms with Crippen LogP contribution in [0.3, 0.4) is 0 Å². The molecule has 0 spiro atoms. The second-order valence-electron chi connectivity index (χ2n) is 5.94. The molecule has 0 radical (unpaired) electrons. The first-order valence-corrected chi connectivity index (χ1v) is 7.30. The second-order valence-corrected chi connectivity index (χ2v) is 5.94. The van der Waals surface area contributed by atoms with Gasteiger partial charge in [-0.3, -0.25) is 4.79 Å². The lowest BCUT2D eigenvalue weighted by Gasteiger charge is -2.35. The van der Waals surface area contributed by atoms with Gasteiger partial charge in [-0.25, -0.2) is 0 Å². The van der Waals surface area contributed by atoms with Gasteiger partial charge in [0.2, 0.25) is 5.91 Å². The topological polar surface area (TPSA) is 66.6 Å². The number of rotatable bonds is 3. The monoisotopic (exact) mass is 290 g/mol. The van der Waals surface area contributed by atoms with Crippen molar-refractivity contribution in [3.05, 3.63) is 0 Å². The molecule has 1 heterocycles. The average Bonchev–Trinajstić information content (AvgIpc) is 2.86. The Morgan fingerprint density at radius 3 is 2.47 bits per heavy atom. The number of hydrogen-bond acceptors (Lipinski definition) is 3.